The van der Waals surface area contributed by atoms with Crippen LogP contribution in [0.2, 0.25) is 0 Å². The molecular weight excluding hydrogens is 217 g/mol. The van der Waals surface area contributed by atoms with Crippen LogP contribution in [0.1, 0.15) is 22.7 Å². The van der Waals surface area contributed by atoms with E-state index in [1.807, 2.05) is 32.6 Å². The molecule has 1 unspecified atom stereocenters. The monoisotopic (exact) mass is 233 g/mol. The molecule has 17 heavy (non-hydrogen) atoms. The van der Waals surface area contributed by atoms with Crippen LogP contribution in [0.3, 0.4) is 0 Å². The molecule has 0 bridgehead atoms. The van der Waals surface area contributed by atoms with E-state index in [9.17, 15) is 4.39 Å². The van der Waals surface area contributed by atoms with Gasteiger partial charge in [-0.2, -0.15) is 5.10 Å². The van der Waals surface area contributed by atoms with Gasteiger partial charge in [0.15, 0.2) is 0 Å². The van der Waals surface area contributed by atoms with Crippen molar-refractivity contribution in [1.82, 2.24) is 15.1 Å². The maximum absolute atomic E-state index is 13.2. The van der Waals surface area contributed by atoms with Crippen molar-refractivity contribution >= 4 is 0 Å². The first kappa shape index (κ1) is 11.8. The molecule has 0 aliphatic carbocycles. The smallest absolute Gasteiger partial charge is 0.126 e. The van der Waals surface area contributed by atoms with Gasteiger partial charge in [-0.05, 0) is 31.2 Å². The summed E-state index contributed by atoms with van der Waals surface area (Å²) in [5.41, 5.74) is 2.77. The Hall–Kier alpha value is -1.68. The zero-order valence-corrected chi connectivity index (χ0v) is 10.2. The lowest BCUT2D eigenvalue weighted by Crippen LogP contribution is -2.17. The van der Waals surface area contributed by atoms with Crippen molar-refractivity contribution in [2.24, 2.45) is 7.05 Å². The fourth-order valence-electron chi connectivity index (χ4n) is 1.96. The van der Waals surface area contributed by atoms with Crippen LogP contribution < -0.4 is 5.32 Å². The van der Waals surface area contributed by atoms with Crippen LogP contribution in [-0.2, 0) is 7.05 Å². The molecule has 0 amide bonds. The summed E-state index contributed by atoms with van der Waals surface area (Å²) in [5, 5.41) is 7.37. The third-order valence-corrected chi connectivity index (χ3v) is 2.86. The molecule has 0 radical (unpaired) electrons. The Morgan fingerprint density at radius 3 is 2.65 bits per heavy atom. The van der Waals surface area contributed by atoms with Crippen molar-refractivity contribution < 1.29 is 4.39 Å². The number of nitrogens with one attached hydrogen (secondary N) is 1. The first-order valence-corrected chi connectivity index (χ1v) is 5.53. The normalized spacial score (nSPS) is 12.7. The van der Waals surface area contributed by atoms with Crippen molar-refractivity contribution in [2.75, 3.05) is 7.05 Å². The van der Waals surface area contributed by atoms with Crippen LogP contribution in [0, 0.1) is 12.7 Å². The fraction of sp³-hybridized carbons (Fsp3) is 0.308. The summed E-state index contributed by atoms with van der Waals surface area (Å²) in [6, 6.07) is 5.22. The molecule has 3 nitrogen and oxygen atoms in total. The van der Waals surface area contributed by atoms with Gasteiger partial charge in [0, 0.05) is 18.8 Å². The molecule has 1 heterocycles. The van der Waals surface area contributed by atoms with Gasteiger partial charge in [0.05, 0.1) is 12.2 Å². The molecule has 1 N–H and O–H groups in total. The van der Waals surface area contributed by atoms with Gasteiger partial charge in [-0.1, -0.05) is 12.1 Å². The van der Waals surface area contributed by atoms with Gasteiger partial charge in [-0.15, -0.1) is 0 Å². The highest BCUT2D eigenvalue weighted by Gasteiger charge is 2.14. The number of rotatable bonds is 3. The number of aryl methyl sites for hydroxylation is 2. The molecule has 1 atom stereocenters. The molecule has 0 aliphatic rings. The molecule has 0 fully saturated rings. The minimum Gasteiger partial charge on any atom is -0.309 e. The van der Waals surface area contributed by atoms with Crippen LogP contribution in [0.15, 0.2) is 30.6 Å². The Morgan fingerprint density at radius 1 is 1.35 bits per heavy atom. The van der Waals surface area contributed by atoms with E-state index >= 15 is 0 Å². The molecule has 2 rings (SSSR count). The van der Waals surface area contributed by atoms with Gasteiger partial charge in [0.2, 0.25) is 0 Å². The summed E-state index contributed by atoms with van der Waals surface area (Å²) in [6.45, 7) is 1.77. The van der Waals surface area contributed by atoms with Crippen molar-refractivity contribution in [3.05, 3.63) is 53.1 Å². The summed E-state index contributed by atoms with van der Waals surface area (Å²) in [6.07, 6.45) is 3.78. The van der Waals surface area contributed by atoms with Crippen LogP contribution in [0.5, 0.6) is 0 Å². The first-order valence-electron chi connectivity index (χ1n) is 5.53. The average molecular weight is 233 g/mol. The second-order valence-corrected chi connectivity index (χ2v) is 4.18. The van der Waals surface area contributed by atoms with Gasteiger partial charge in [-0.25, -0.2) is 4.39 Å². The standard InChI is InChI=1S/C13H16FN3/c1-9-6-10(4-5-12(9)14)13(15-2)11-7-16-17(3)8-11/h4-8,13,15H,1-3H3. The number of benzene rings is 1. The van der Waals surface area contributed by atoms with Crippen LogP contribution >= 0.6 is 0 Å². The Morgan fingerprint density at radius 2 is 2.12 bits per heavy atom. The number of hydrogen-bond acceptors (Lipinski definition) is 2. The van der Waals surface area contributed by atoms with Crippen molar-refractivity contribution in [3.63, 3.8) is 0 Å². The van der Waals surface area contributed by atoms with Gasteiger partial charge in [0.25, 0.3) is 0 Å². The van der Waals surface area contributed by atoms with E-state index in [2.05, 4.69) is 10.4 Å². The predicted molar refractivity (Wildman–Crippen MR) is 65.2 cm³/mol. The molecular formula is C13H16FN3. The lowest BCUT2D eigenvalue weighted by Gasteiger charge is -2.15. The second kappa shape index (κ2) is 4.67. The maximum Gasteiger partial charge on any atom is 0.126 e. The zero-order valence-electron chi connectivity index (χ0n) is 10.2. The van der Waals surface area contributed by atoms with Crippen molar-refractivity contribution in [3.8, 4) is 0 Å². The van der Waals surface area contributed by atoms with E-state index in [1.54, 1.807) is 17.7 Å². The van der Waals surface area contributed by atoms with Crippen molar-refractivity contribution in [2.45, 2.75) is 13.0 Å². The topological polar surface area (TPSA) is 29.9 Å². The Labute approximate surface area is 100 Å². The first-order chi connectivity index (χ1) is 8.11. The molecule has 1 aromatic carbocycles. The highest BCUT2D eigenvalue weighted by atomic mass is 19.1. The summed E-state index contributed by atoms with van der Waals surface area (Å²) < 4.78 is 15.0. The lowest BCUT2D eigenvalue weighted by molar-refractivity contribution is 0.614. The fourth-order valence-corrected chi connectivity index (χ4v) is 1.96. The molecule has 4 heteroatoms. The van der Waals surface area contributed by atoms with E-state index in [4.69, 9.17) is 0 Å². The van der Waals surface area contributed by atoms with Gasteiger partial charge < -0.3 is 5.32 Å². The summed E-state index contributed by atoms with van der Waals surface area (Å²) >= 11 is 0. The largest absolute Gasteiger partial charge is 0.309 e. The number of aromatic nitrogens is 2. The average Bonchev–Trinajstić information content (AvgIpc) is 2.71. The zero-order chi connectivity index (χ0) is 12.4. The van der Waals surface area contributed by atoms with Crippen LogP contribution in [-0.4, -0.2) is 16.8 Å². The number of halogens is 1. The summed E-state index contributed by atoms with van der Waals surface area (Å²) in [5.74, 6) is -0.171. The molecule has 0 aliphatic heterocycles. The van der Waals surface area contributed by atoms with Crippen molar-refractivity contribution in [1.29, 1.82) is 0 Å². The second-order valence-electron chi connectivity index (χ2n) is 4.18. The minimum absolute atomic E-state index is 0.0444. The summed E-state index contributed by atoms with van der Waals surface area (Å²) in [4.78, 5) is 0. The quantitative estimate of drug-likeness (QED) is 0.880. The SMILES string of the molecule is CNC(c1ccc(F)c(C)c1)c1cnn(C)c1. The molecule has 1 aromatic heterocycles. The Kier molecular flexibility index (Phi) is 3.24. The molecule has 90 valence electrons. The predicted octanol–water partition coefficient (Wildman–Crippen LogP) is 2.18. The van der Waals surface area contributed by atoms with Crippen LogP contribution in [0.4, 0.5) is 4.39 Å². The molecule has 0 saturated heterocycles. The van der Waals surface area contributed by atoms with E-state index in [0.717, 1.165) is 11.1 Å². The number of nitrogens with zero attached hydrogens (tertiary/aromatic N) is 2. The highest BCUT2D eigenvalue weighted by molar-refractivity contribution is 5.32. The molecule has 2 aromatic rings. The molecule has 0 saturated carbocycles. The Balaban J connectivity index is 2.38. The third-order valence-electron chi connectivity index (χ3n) is 2.86. The van der Waals surface area contributed by atoms with Gasteiger partial charge >= 0.3 is 0 Å². The summed E-state index contributed by atoms with van der Waals surface area (Å²) in [7, 11) is 3.77. The van der Waals surface area contributed by atoms with Crippen LogP contribution in [0.25, 0.3) is 0 Å². The van der Waals surface area contributed by atoms with E-state index in [-0.39, 0.29) is 11.9 Å². The number of hydrogen-bond donors (Lipinski definition) is 1. The van der Waals surface area contributed by atoms with E-state index < -0.39 is 0 Å². The minimum atomic E-state index is -0.171. The van der Waals surface area contributed by atoms with Gasteiger partial charge in [-0.3, -0.25) is 4.68 Å². The van der Waals surface area contributed by atoms with E-state index in [0.29, 0.717) is 5.56 Å². The highest BCUT2D eigenvalue weighted by Crippen LogP contribution is 2.22. The van der Waals surface area contributed by atoms with E-state index in [1.165, 1.54) is 6.07 Å². The third kappa shape index (κ3) is 2.36. The lowest BCUT2D eigenvalue weighted by atomic mass is 10.00. The maximum atomic E-state index is 13.2. The molecule has 0 spiro atoms. The Bertz CT molecular complexity index is 519. The van der Waals surface area contributed by atoms with Gasteiger partial charge in [0.1, 0.15) is 5.82 Å².